The van der Waals surface area contributed by atoms with Gasteiger partial charge in [-0.1, -0.05) is 15.9 Å². The van der Waals surface area contributed by atoms with Crippen LogP contribution in [0.25, 0.3) is 0 Å². The minimum absolute atomic E-state index is 0.243. The van der Waals surface area contributed by atoms with E-state index in [9.17, 15) is 4.79 Å². The number of benzene rings is 1. The van der Waals surface area contributed by atoms with Gasteiger partial charge in [-0.25, -0.2) is 9.78 Å². The SMILES string of the molecule is CCOC(=O)c1cccnc1Oc1ccc(Br)c(C)c1. The van der Waals surface area contributed by atoms with Crippen LogP contribution in [0.2, 0.25) is 0 Å². The summed E-state index contributed by atoms with van der Waals surface area (Å²) >= 11 is 3.43. The predicted octanol–water partition coefficient (Wildman–Crippen LogP) is 4.12. The Kier molecular flexibility index (Phi) is 4.74. The number of pyridine rings is 1. The number of carbonyl (C=O) groups excluding carboxylic acids is 1. The molecule has 1 aromatic heterocycles. The summed E-state index contributed by atoms with van der Waals surface area (Å²) in [6, 6.07) is 8.87. The lowest BCUT2D eigenvalue weighted by Gasteiger charge is -2.10. The first-order valence-electron chi connectivity index (χ1n) is 6.18. The number of carbonyl (C=O) groups is 1. The van der Waals surface area contributed by atoms with Crippen molar-refractivity contribution >= 4 is 21.9 Å². The highest BCUT2D eigenvalue weighted by molar-refractivity contribution is 9.10. The first-order chi connectivity index (χ1) is 9.61. The Bertz CT molecular complexity index is 628. The number of nitrogens with zero attached hydrogens (tertiary/aromatic N) is 1. The minimum atomic E-state index is -0.440. The Balaban J connectivity index is 2.29. The average Bonchev–Trinajstić information content (AvgIpc) is 2.44. The van der Waals surface area contributed by atoms with Gasteiger partial charge >= 0.3 is 5.97 Å². The Hall–Kier alpha value is -1.88. The normalized spacial score (nSPS) is 10.2. The molecule has 20 heavy (non-hydrogen) atoms. The maximum Gasteiger partial charge on any atom is 0.343 e. The molecule has 1 heterocycles. The zero-order chi connectivity index (χ0) is 14.5. The number of aryl methyl sites for hydroxylation is 1. The lowest BCUT2D eigenvalue weighted by molar-refractivity contribution is 0.0522. The van der Waals surface area contributed by atoms with Crippen LogP contribution < -0.4 is 4.74 Å². The van der Waals surface area contributed by atoms with Crippen LogP contribution in [0.15, 0.2) is 41.0 Å². The molecular formula is C15H14BrNO3. The van der Waals surface area contributed by atoms with E-state index in [1.54, 1.807) is 31.3 Å². The molecule has 0 unspecified atom stereocenters. The molecule has 0 spiro atoms. The minimum Gasteiger partial charge on any atom is -0.462 e. The van der Waals surface area contributed by atoms with Crippen LogP contribution in [0, 0.1) is 6.92 Å². The third kappa shape index (κ3) is 3.36. The van der Waals surface area contributed by atoms with Crippen molar-refractivity contribution in [3.63, 3.8) is 0 Å². The lowest BCUT2D eigenvalue weighted by Crippen LogP contribution is -2.07. The van der Waals surface area contributed by atoms with E-state index in [1.165, 1.54) is 0 Å². The third-order valence-corrected chi connectivity index (χ3v) is 3.50. The Labute approximate surface area is 125 Å². The van der Waals surface area contributed by atoms with Gasteiger partial charge in [0.2, 0.25) is 5.88 Å². The second kappa shape index (κ2) is 6.52. The highest BCUT2D eigenvalue weighted by Gasteiger charge is 2.15. The molecule has 2 aromatic rings. The smallest absolute Gasteiger partial charge is 0.343 e. The Morgan fingerprint density at radius 2 is 2.15 bits per heavy atom. The molecule has 2 rings (SSSR count). The monoisotopic (exact) mass is 335 g/mol. The van der Waals surface area contributed by atoms with Crippen LogP contribution in [0.4, 0.5) is 0 Å². The number of ether oxygens (including phenoxy) is 2. The van der Waals surface area contributed by atoms with Gasteiger partial charge in [-0.3, -0.25) is 0 Å². The molecule has 5 heteroatoms. The molecule has 0 aliphatic heterocycles. The number of halogens is 1. The quantitative estimate of drug-likeness (QED) is 0.788. The molecule has 104 valence electrons. The van der Waals surface area contributed by atoms with Gasteiger partial charge in [-0.05, 0) is 49.7 Å². The van der Waals surface area contributed by atoms with E-state index in [0.29, 0.717) is 17.9 Å². The van der Waals surface area contributed by atoms with E-state index in [4.69, 9.17) is 9.47 Å². The molecule has 0 fully saturated rings. The summed E-state index contributed by atoms with van der Waals surface area (Å²) in [6.07, 6.45) is 1.57. The van der Waals surface area contributed by atoms with Gasteiger partial charge in [0.15, 0.2) is 0 Å². The summed E-state index contributed by atoms with van der Waals surface area (Å²) in [4.78, 5) is 15.9. The highest BCUT2D eigenvalue weighted by atomic mass is 79.9. The molecule has 0 atom stereocenters. The van der Waals surface area contributed by atoms with Crippen molar-refractivity contribution < 1.29 is 14.3 Å². The average molecular weight is 336 g/mol. The number of rotatable bonds is 4. The maximum absolute atomic E-state index is 11.8. The number of esters is 1. The fourth-order valence-corrected chi connectivity index (χ4v) is 1.88. The van der Waals surface area contributed by atoms with Gasteiger partial charge < -0.3 is 9.47 Å². The summed E-state index contributed by atoms with van der Waals surface area (Å²) < 4.78 is 11.7. The van der Waals surface area contributed by atoms with E-state index in [-0.39, 0.29) is 5.88 Å². The van der Waals surface area contributed by atoms with Crippen molar-refractivity contribution in [1.82, 2.24) is 4.98 Å². The van der Waals surface area contributed by atoms with Crippen LogP contribution in [0.1, 0.15) is 22.8 Å². The fraction of sp³-hybridized carbons (Fsp3) is 0.200. The summed E-state index contributed by atoms with van der Waals surface area (Å²) in [5.74, 6) is 0.423. The second-order valence-corrected chi connectivity index (χ2v) is 4.94. The van der Waals surface area contributed by atoms with Crippen LogP contribution in [0.3, 0.4) is 0 Å². The maximum atomic E-state index is 11.8. The van der Waals surface area contributed by atoms with Crippen molar-refractivity contribution in [3.8, 4) is 11.6 Å². The van der Waals surface area contributed by atoms with Gasteiger partial charge in [-0.2, -0.15) is 0 Å². The van der Waals surface area contributed by atoms with Crippen molar-refractivity contribution in [2.24, 2.45) is 0 Å². The second-order valence-electron chi connectivity index (χ2n) is 4.09. The van der Waals surface area contributed by atoms with Gasteiger partial charge in [0, 0.05) is 10.7 Å². The summed E-state index contributed by atoms with van der Waals surface area (Å²) in [5.41, 5.74) is 1.35. The molecule has 0 saturated heterocycles. The standard InChI is InChI=1S/C15H14BrNO3/c1-3-19-15(18)12-5-4-8-17-14(12)20-11-6-7-13(16)10(2)9-11/h4-9H,3H2,1-2H3. The van der Waals surface area contributed by atoms with E-state index in [2.05, 4.69) is 20.9 Å². The van der Waals surface area contributed by atoms with Gasteiger partial charge in [0.25, 0.3) is 0 Å². The Morgan fingerprint density at radius 1 is 1.35 bits per heavy atom. The van der Waals surface area contributed by atoms with Crippen LogP contribution in [-0.2, 0) is 4.74 Å². The molecule has 0 amide bonds. The number of hydrogen-bond donors (Lipinski definition) is 0. The van der Waals surface area contributed by atoms with E-state index < -0.39 is 5.97 Å². The van der Waals surface area contributed by atoms with Crippen molar-refractivity contribution in [2.45, 2.75) is 13.8 Å². The highest BCUT2D eigenvalue weighted by Crippen LogP contribution is 2.27. The molecule has 0 aliphatic carbocycles. The Morgan fingerprint density at radius 3 is 2.85 bits per heavy atom. The van der Waals surface area contributed by atoms with Crippen molar-refractivity contribution in [1.29, 1.82) is 0 Å². The molecule has 0 saturated carbocycles. The summed E-state index contributed by atoms with van der Waals surface area (Å²) in [6.45, 7) is 4.03. The lowest BCUT2D eigenvalue weighted by atomic mass is 10.2. The van der Waals surface area contributed by atoms with Crippen molar-refractivity contribution in [2.75, 3.05) is 6.61 Å². The summed E-state index contributed by atoms with van der Waals surface area (Å²) in [7, 11) is 0. The van der Waals surface area contributed by atoms with Crippen LogP contribution in [0.5, 0.6) is 11.6 Å². The molecular weight excluding hydrogens is 322 g/mol. The molecule has 1 aromatic carbocycles. The van der Waals surface area contributed by atoms with Gasteiger partial charge in [0.1, 0.15) is 11.3 Å². The largest absolute Gasteiger partial charge is 0.462 e. The third-order valence-electron chi connectivity index (χ3n) is 2.61. The topological polar surface area (TPSA) is 48.4 Å². The zero-order valence-corrected chi connectivity index (χ0v) is 12.8. The molecule has 0 bridgehead atoms. The van der Waals surface area contributed by atoms with Crippen LogP contribution >= 0.6 is 15.9 Å². The number of hydrogen-bond acceptors (Lipinski definition) is 4. The van der Waals surface area contributed by atoms with Gasteiger partial charge in [0.05, 0.1) is 6.61 Å². The predicted molar refractivity (Wildman–Crippen MR) is 79.1 cm³/mol. The van der Waals surface area contributed by atoms with Crippen molar-refractivity contribution in [3.05, 3.63) is 52.1 Å². The van der Waals surface area contributed by atoms with Gasteiger partial charge in [-0.15, -0.1) is 0 Å². The van der Waals surface area contributed by atoms with E-state index in [1.807, 2.05) is 19.1 Å². The number of aromatic nitrogens is 1. The molecule has 0 N–H and O–H groups in total. The first kappa shape index (κ1) is 14.5. The summed E-state index contributed by atoms with van der Waals surface area (Å²) in [5, 5.41) is 0. The van der Waals surface area contributed by atoms with E-state index >= 15 is 0 Å². The molecule has 4 nitrogen and oxygen atoms in total. The first-order valence-corrected chi connectivity index (χ1v) is 6.97. The van der Waals surface area contributed by atoms with Crippen LogP contribution in [-0.4, -0.2) is 17.6 Å². The molecule has 0 aliphatic rings. The zero-order valence-electron chi connectivity index (χ0n) is 11.2. The van der Waals surface area contributed by atoms with E-state index in [0.717, 1.165) is 10.0 Å². The fourth-order valence-electron chi connectivity index (χ4n) is 1.63. The molecule has 0 radical (unpaired) electrons.